The van der Waals surface area contributed by atoms with Gasteiger partial charge in [-0.3, -0.25) is 0 Å². The minimum absolute atomic E-state index is 0. The van der Waals surface area contributed by atoms with Gasteiger partial charge in [-0.15, -0.1) is 0 Å². The second-order valence-electron chi connectivity index (χ2n) is 1.94. The Balaban J connectivity index is 0.00000144. The van der Waals surface area contributed by atoms with Crippen molar-refractivity contribution in [3.63, 3.8) is 0 Å². The van der Waals surface area contributed by atoms with Gasteiger partial charge in [0.05, 0.1) is 0 Å². The van der Waals surface area contributed by atoms with Crippen LogP contribution in [0.3, 0.4) is 0 Å². The van der Waals surface area contributed by atoms with Gasteiger partial charge in [-0.25, -0.2) is 22.0 Å². The summed E-state index contributed by atoms with van der Waals surface area (Å²) in [5.41, 5.74) is 4.81. The van der Waals surface area contributed by atoms with Gasteiger partial charge in [0.2, 0.25) is 0 Å². The first-order valence-electron chi connectivity index (χ1n) is 2.69. The third kappa shape index (κ3) is 1.79. The molecule has 1 nitrogen and oxygen atoms in total. The van der Waals surface area contributed by atoms with Crippen molar-refractivity contribution in [2.45, 2.75) is 0 Å². The average molecular weight is 189 g/mol. The van der Waals surface area contributed by atoms with Crippen molar-refractivity contribution < 1.29 is 40.8 Å². The Bertz CT molecular complexity index is 235. The van der Waals surface area contributed by atoms with Crippen molar-refractivity contribution in [1.29, 1.82) is 0 Å². The van der Waals surface area contributed by atoms with E-state index in [0.717, 1.165) is 0 Å². The molecule has 7 heteroatoms. The zero-order valence-corrected chi connectivity index (χ0v) is 6.39. The molecule has 1 aromatic carbocycles. The van der Waals surface area contributed by atoms with Crippen molar-refractivity contribution in [2.24, 2.45) is 0 Å². The first kappa shape index (κ1) is 12.3. The molecule has 0 amide bonds. The summed E-state index contributed by atoms with van der Waals surface area (Å²) in [6.07, 6.45) is 0. The van der Waals surface area contributed by atoms with Crippen molar-refractivity contribution in [3.05, 3.63) is 34.8 Å². The Kier molecular flexibility index (Phi) is 3.76. The van der Waals surface area contributed by atoms with E-state index in [1.54, 1.807) is 0 Å². The Morgan fingerprint density at radius 3 is 1.15 bits per heavy atom. The number of benzene rings is 1. The van der Waals surface area contributed by atoms with E-state index in [0.29, 0.717) is 0 Å². The molecule has 0 aromatic heterocycles. The van der Waals surface area contributed by atoms with Crippen LogP contribution in [0.5, 0.6) is 0 Å². The molecule has 0 bridgehead atoms. The van der Waals surface area contributed by atoms with Gasteiger partial charge in [0, 0.05) is 0 Å². The van der Waals surface area contributed by atoms with Gasteiger partial charge in [0.15, 0.2) is 17.5 Å². The minimum atomic E-state index is -2.25. The number of rotatable bonds is 0. The van der Waals surface area contributed by atoms with Gasteiger partial charge < -0.3 is 5.73 Å². The summed E-state index contributed by atoms with van der Waals surface area (Å²) in [6.45, 7) is 0. The van der Waals surface area contributed by atoms with Gasteiger partial charge in [-0.2, -0.15) is 0 Å². The molecule has 0 unspecified atom stereocenters. The molecule has 0 atom stereocenters. The molecule has 1 rings (SSSR count). The van der Waals surface area contributed by atoms with Crippen molar-refractivity contribution in [1.82, 2.24) is 0 Å². The standard InChI is InChI=1S/C6HF5N.Li/c7-1-2(8)4(10)6(12)5(11)3(1)9;/h12H;/q-1;+1. The third-order valence-corrected chi connectivity index (χ3v) is 1.21. The van der Waals surface area contributed by atoms with Crippen LogP contribution < -0.4 is 18.9 Å². The molecule has 0 heterocycles. The molecule has 66 valence electrons. The monoisotopic (exact) mass is 189 g/mol. The third-order valence-electron chi connectivity index (χ3n) is 1.21. The molecule has 0 aliphatic rings. The minimum Gasteiger partial charge on any atom is -0.694 e. The van der Waals surface area contributed by atoms with Crippen LogP contribution in [-0.2, 0) is 0 Å². The van der Waals surface area contributed by atoms with Gasteiger partial charge in [-0.1, -0.05) is 5.69 Å². The van der Waals surface area contributed by atoms with Gasteiger partial charge in [0.1, 0.15) is 11.6 Å². The van der Waals surface area contributed by atoms with Gasteiger partial charge >= 0.3 is 18.9 Å². The number of halogens is 5. The SMILES string of the molecule is [Li+].[NH-]c1c(F)c(F)c(F)c(F)c1F. The molecular formula is C6HF5LiN. The molecular weight excluding hydrogens is 188 g/mol. The van der Waals surface area contributed by atoms with E-state index in [4.69, 9.17) is 5.73 Å². The summed E-state index contributed by atoms with van der Waals surface area (Å²) < 4.78 is 60.9. The van der Waals surface area contributed by atoms with E-state index in [9.17, 15) is 22.0 Å². The summed E-state index contributed by atoms with van der Waals surface area (Å²) in [5.74, 6) is -10.7. The number of hydrogen-bond acceptors (Lipinski definition) is 0. The predicted molar refractivity (Wildman–Crippen MR) is 30.2 cm³/mol. The summed E-state index contributed by atoms with van der Waals surface area (Å²) >= 11 is 0. The average Bonchev–Trinajstić information content (AvgIpc) is 2.08. The van der Waals surface area contributed by atoms with Gasteiger partial charge in [-0.05, 0) is 0 Å². The van der Waals surface area contributed by atoms with Crippen LogP contribution in [0, 0.1) is 29.1 Å². The number of hydrogen-bond donors (Lipinski definition) is 0. The maximum absolute atomic E-state index is 12.2. The normalized spacial score (nSPS) is 9.62. The topological polar surface area (TPSA) is 23.8 Å². The van der Waals surface area contributed by atoms with Crippen LogP contribution >= 0.6 is 0 Å². The van der Waals surface area contributed by atoms with Crippen LogP contribution in [-0.4, -0.2) is 0 Å². The number of nitrogens with one attached hydrogen (secondary N) is 1. The Morgan fingerprint density at radius 2 is 0.846 bits per heavy atom. The van der Waals surface area contributed by atoms with E-state index >= 15 is 0 Å². The summed E-state index contributed by atoms with van der Waals surface area (Å²) in [5, 5.41) is 0. The second kappa shape index (κ2) is 3.98. The van der Waals surface area contributed by atoms with E-state index in [2.05, 4.69) is 0 Å². The molecule has 1 N–H and O–H groups in total. The summed E-state index contributed by atoms with van der Waals surface area (Å²) in [7, 11) is 0. The molecule has 0 fully saturated rings. The van der Waals surface area contributed by atoms with Crippen molar-refractivity contribution in [3.8, 4) is 0 Å². The zero-order chi connectivity index (χ0) is 9.46. The molecule has 0 aliphatic heterocycles. The smallest absolute Gasteiger partial charge is 0.694 e. The maximum atomic E-state index is 12.2. The van der Waals surface area contributed by atoms with Crippen LogP contribution in [0.25, 0.3) is 5.73 Å². The van der Waals surface area contributed by atoms with Crippen molar-refractivity contribution in [2.75, 3.05) is 0 Å². The first-order chi connectivity index (χ1) is 5.46. The van der Waals surface area contributed by atoms with Crippen molar-refractivity contribution >= 4 is 5.69 Å². The molecule has 0 radical (unpaired) electrons. The van der Waals surface area contributed by atoms with E-state index in [1.165, 1.54) is 0 Å². The fraction of sp³-hybridized carbons (Fsp3) is 0. The Morgan fingerprint density at radius 1 is 0.615 bits per heavy atom. The first-order valence-corrected chi connectivity index (χ1v) is 2.69. The molecule has 0 saturated heterocycles. The molecule has 0 aliphatic carbocycles. The van der Waals surface area contributed by atoms with E-state index in [-0.39, 0.29) is 18.9 Å². The summed E-state index contributed by atoms with van der Waals surface area (Å²) in [4.78, 5) is 0. The fourth-order valence-electron chi connectivity index (χ4n) is 0.605. The Labute approximate surface area is 81.9 Å². The largest absolute Gasteiger partial charge is 1.00 e. The quantitative estimate of drug-likeness (QED) is 0.238. The summed E-state index contributed by atoms with van der Waals surface area (Å²) in [6, 6.07) is 0. The fourth-order valence-corrected chi connectivity index (χ4v) is 0.605. The van der Waals surface area contributed by atoms with E-state index < -0.39 is 34.8 Å². The Hall–Kier alpha value is -0.733. The van der Waals surface area contributed by atoms with Crippen LogP contribution in [0.2, 0.25) is 0 Å². The van der Waals surface area contributed by atoms with E-state index in [1.807, 2.05) is 0 Å². The zero-order valence-electron chi connectivity index (χ0n) is 6.39. The predicted octanol–water partition coefficient (Wildman–Crippen LogP) is 0.0698. The van der Waals surface area contributed by atoms with Crippen LogP contribution in [0.15, 0.2) is 0 Å². The molecule has 13 heavy (non-hydrogen) atoms. The van der Waals surface area contributed by atoms with Gasteiger partial charge in [0.25, 0.3) is 0 Å². The molecule has 0 spiro atoms. The second-order valence-corrected chi connectivity index (χ2v) is 1.94. The van der Waals surface area contributed by atoms with Crippen LogP contribution in [0.1, 0.15) is 0 Å². The molecule has 1 aromatic rings. The molecule has 0 saturated carbocycles. The maximum Gasteiger partial charge on any atom is 1.00 e. The van der Waals surface area contributed by atoms with Crippen LogP contribution in [0.4, 0.5) is 27.6 Å².